The summed E-state index contributed by atoms with van der Waals surface area (Å²) in [5.41, 5.74) is 4.54. The number of aromatic nitrogens is 1. The zero-order valence-electron chi connectivity index (χ0n) is 16.7. The fourth-order valence-electron chi connectivity index (χ4n) is 3.43. The highest BCUT2D eigenvalue weighted by atomic mass is 19.1. The first-order valence-corrected chi connectivity index (χ1v) is 9.71. The number of benzene rings is 3. The van der Waals surface area contributed by atoms with E-state index in [2.05, 4.69) is 23.3 Å². The molecule has 0 aliphatic rings. The first kappa shape index (κ1) is 19.7. The average Bonchev–Trinajstić information content (AvgIpc) is 2.75. The molecule has 0 fully saturated rings. The molecule has 0 atom stereocenters. The van der Waals surface area contributed by atoms with Crippen LogP contribution in [0.5, 0.6) is 0 Å². The first-order chi connectivity index (χ1) is 14.5. The van der Waals surface area contributed by atoms with E-state index in [1.807, 2.05) is 25.3 Å². The third-order valence-corrected chi connectivity index (χ3v) is 5.21. The van der Waals surface area contributed by atoms with Crippen LogP contribution in [0.4, 0.5) is 14.5 Å². The monoisotopic (exact) mass is 402 g/mol. The molecule has 0 aliphatic heterocycles. The molecule has 1 N–H and O–H groups in total. The molecular weight excluding hydrogens is 382 g/mol. The fraction of sp³-hybridized carbons (Fsp3) is 0.120. The van der Waals surface area contributed by atoms with Crippen LogP contribution in [0.25, 0.3) is 22.0 Å². The van der Waals surface area contributed by atoms with Gasteiger partial charge >= 0.3 is 0 Å². The van der Waals surface area contributed by atoms with Gasteiger partial charge in [0.05, 0.1) is 11.1 Å². The topological polar surface area (TPSA) is 42.0 Å². The first-order valence-electron chi connectivity index (χ1n) is 9.71. The van der Waals surface area contributed by atoms with E-state index in [9.17, 15) is 13.6 Å². The fourth-order valence-corrected chi connectivity index (χ4v) is 3.43. The Labute approximate surface area is 173 Å². The van der Waals surface area contributed by atoms with Gasteiger partial charge < -0.3 is 5.32 Å². The van der Waals surface area contributed by atoms with Crippen LogP contribution in [0.2, 0.25) is 0 Å². The summed E-state index contributed by atoms with van der Waals surface area (Å²) < 4.78 is 27.8. The zero-order chi connectivity index (χ0) is 21.3. The minimum absolute atomic E-state index is 0.0605. The molecule has 0 saturated carbocycles. The number of halogens is 2. The Morgan fingerprint density at radius 1 is 0.967 bits per heavy atom. The van der Waals surface area contributed by atoms with Crippen LogP contribution in [0.15, 0.2) is 66.9 Å². The molecule has 150 valence electrons. The van der Waals surface area contributed by atoms with Gasteiger partial charge in [-0.05, 0) is 72.0 Å². The van der Waals surface area contributed by atoms with Crippen LogP contribution in [0.1, 0.15) is 28.4 Å². The third-order valence-electron chi connectivity index (χ3n) is 5.21. The van der Waals surface area contributed by atoms with Gasteiger partial charge in [-0.3, -0.25) is 9.78 Å². The predicted octanol–water partition coefficient (Wildman–Crippen LogP) is 6.30. The molecule has 5 heteroatoms. The molecule has 4 rings (SSSR count). The molecule has 0 unspecified atom stereocenters. The van der Waals surface area contributed by atoms with Gasteiger partial charge in [-0.25, -0.2) is 8.78 Å². The van der Waals surface area contributed by atoms with Crippen molar-refractivity contribution < 1.29 is 13.6 Å². The summed E-state index contributed by atoms with van der Waals surface area (Å²) in [7, 11) is 0. The van der Waals surface area contributed by atoms with Gasteiger partial charge in [-0.1, -0.05) is 31.2 Å². The van der Waals surface area contributed by atoms with Crippen LogP contribution in [-0.4, -0.2) is 10.9 Å². The molecule has 1 amide bonds. The van der Waals surface area contributed by atoms with Crippen LogP contribution in [-0.2, 0) is 6.42 Å². The Morgan fingerprint density at radius 2 is 1.70 bits per heavy atom. The Bertz CT molecular complexity index is 1250. The number of carbonyl (C=O) groups is 1. The number of hydrogen-bond donors (Lipinski definition) is 1. The normalized spacial score (nSPS) is 10.9. The van der Waals surface area contributed by atoms with Gasteiger partial charge in [0.15, 0.2) is 0 Å². The Morgan fingerprint density at radius 3 is 2.40 bits per heavy atom. The van der Waals surface area contributed by atoms with E-state index in [0.29, 0.717) is 16.8 Å². The maximum Gasteiger partial charge on any atom is 0.258 e. The van der Waals surface area contributed by atoms with E-state index in [1.54, 1.807) is 18.2 Å². The van der Waals surface area contributed by atoms with E-state index in [4.69, 9.17) is 0 Å². The Kier molecular flexibility index (Phi) is 5.27. The van der Waals surface area contributed by atoms with Gasteiger partial charge in [0.2, 0.25) is 0 Å². The number of rotatable bonds is 4. The minimum atomic E-state index is -0.640. The van der Waals surface area contributed by atoms with Crippen molar-refractivity contribution in [1.29, 1.82) is 0 Å². The smallest absolute Gasteiger partial charge is 0.258 e. The van der Waals surface area contributed by atoms with Crippen molar-refractivity contribution in [3.63, 3.8) is 0 Å². The standard InChI is InChI=1S/C25H20F2N2O/c1-3-16-12-19-7-11-23(15(2)24(19)28-14-16)29-25(30)21-10-6-18(13-22(21)27)17-4-8-20(26)9-5-17/h4-14H,3H2,1-2H3,(H,29,30). The maximum atomic E-state index is 14.7. The predicted molar refractivity (Wildman–Crippen MR) is 116 cm³/mol. The number of nitrogens with zero attached hydrogens (tertiary/aromatic N) is 1. The summed E-state index contributed by atoms with van der Waals surface area (Å²) in [6.45, 7) is 3.95. The highest BCUT2D eigenvalue weighted by molar-refractivity contribution is 6.06. The largest absolute Gasteiger partial charge is 0.322 e. The van der Waals surface area contributed by atoms with Gasteiger partial charge in [0.1, 0.15) is 11.6 Å². The van der Waals surface area contributed by atoms with E-state index < -0.39 is 11.7 Å². The van der Waals surface area contributed by atoms with Crippen molar-refractivity contribution in [2.24, 2.45) is 0 Å². The summed E-state index contributed by atoms with van der Waals surface area (Å²) >= 11 is 0. The number of carbonyl (C=O) groups excluding carboxylic acids is 1. The van der Waals surface area contributed by atoms with Crippen molar-refractivity contribution >= 4 is 22.5 Å². The molecule has 0 spiro atoms. The summed E-state index contributed by atoms with van der Waals surface area (Å²) in [6, 6.07) is 15.9. The maximum absolute atomic E-state index is 14.7. The molecule has 0 radical (unpaired) electrons. The summed E-state index contributed by atoms with van der Waals surface area (Å²) in [4.78, 5) is 17.2. The molecular formula is C25H20F2N2O. The summed E-state index contributed by atoms with van der Waals surface area (Å²) in [5.74, 6) is -1.54. The molecule has 0 bridgehead atoms. The van der Waals surface area contributed by atoms with Crippen LogP contribution < -0.4 is 5.32 Å². The molecule has 0 aliphatic carbocycles. The van der Waals surface area contributed by atoms with Gasteiger partial charge in [0.25, 0.3) is 5.91 Å². The number of amides is 1. The Balaban J connectivity index is 1.60. The van der Waals surface area contributed by atoms with E-state index >= 15 is 0 Å². The molecule has 1 heterocycles. The molecule has 3 aromatic carbocycles. The lowest BCUT2D eigenvalue weighted by Crippen LogP contribution is -2.14. The number of pyridine rings is 1. The van der Waals surface area contributed by atoms with E-state index in [-0.39, 0.29) is 11.4 Å². The number of anilines is 1. The number of nitrogens with one attached hydrogen (secondary N) is 1. The second kappa shape index (κ2) is 8.03. The second-order valence-corrected chi connectivity index (χ2v) is 7.16. The number of fused-ring (bicyclic) bond motifs is 1. The Hall–Kier alpha value is -3.60. The zero-order valence-corrected chi connectivity index (χ0v) is 16.7. The van der Waals surface area contributed by atoms with Crippen LogP contribution in [0.3, 0.4) is 0 Å². The van der Waals surface area contributed by atoms with Crippen molar-refractivity contribution in [3.8, 4) is 11.1 Å². The molecule has 1 aromatic heterocycles. The van der Waals surface area contributed by atoms with Gasteiger partial charge in [0, 0.05) is 17.3 Å². The quantitative estimate of drug-likeness (QED) is 0.435. The highest BCUT2D eigenvalue weighted by Crippen LogP contribution is 2.27. The lowest BCUT2D eigenvalue weighted by molar-refractivity contribution is 0.102. The van der Waals surface area contributed by atoms with Crippen molar-refractivity contribution in [2.45, 2.75) is 20.3 Å². The van der Waals surface area contributed by atoms with Crippen LogP contribution in [0, 0.1) is 18.6 Å². The second-order valence-electron chi connectivity index (χ2n) is 7.16. The average molecular weight is 402 g/mol. The molecule has 4 aromatic rings. The highest BCUT2D eigenvalue weighted by Gasteiger charge is 2.15. The molecule has 0 saturated heterocycles. The van der Waals surface area contributed by atoms with Gasteiger partial charge in [-0.2, -0.15) is 0 Å². The summed E-state index contributed by atoms with van der Waals surface area (Å²) in [5, 5.41) is 3.79. The van der Waals surface area contributed by atoms with E-state index in [0.717, 1.165) is 28.5 Å². The molecule has 30 heavy (non-hydrogen) atoms. The number of hydrogen-bond acceptors (Lipinski definition) is 2. The SMILES string of the molecule is CCc1cnc2c(C)c(NC(=O)c3ccc(-c4ccc(F)cc4)cc3F)ccc2c1. The molecule has 3 nitrogen and oxygen atoms in total. The van der Waals surface area contributed by atoms with Crippen molar-refractivity contribution in [2.75, 3.05) is 5.32 Å². The van der Waals surface area contributed by atoms with Crippen LogP contribution >= 0.6 is 0 Å². The van der Waals surface area contributed by atoms with Crippen molar-refractivity contribution in [3.05, 3.63) is 95.2 Å². The third kappa shape index (κ3) is 3.79. The number of aryl methyl sites for hydroxylation is 2. The summed E-state index contributed by atoms with van der Waals surface area (Å²) in [6.07, 6.45) is 2.72. The van der Waals surface area contributed by atoms with Gasteiger partial charge in [-0.15, -0.1) is 0 Å². The lowest BCUT2D eigenvalue weighted by atomic mass is 10.0. The minimum Gasteiger partial charge on any atom is -0.322 e. The van der Waals surface area contributed by atoms with E-state index in [1.165, 1.54) is 24.3 Å². The van der Waals surface area contributed by atoms with Crippen molar-refractivity contribution in [1.82, 2.24) is 4.98 Å². The lowest BCUT2D eigenvalue weighted by Gasteiger charge is -2.12.